The van der Waals surface area contributed by atoms with Gasteiger partial charge in [0, 0.05) is 25.2 Å². The quantitative estimate of drug-likeness (QED) is 0.663. The normalized spacial score (nSPS) is 15.1. The van der Waals surface area contributed by atoms with E-state index in [1.807, 2.05) is 6.07 Å². The fourth-order valence-corrected chi connectivity index (χ4v) is 3.15. The highest BCUT2D eigenvalue weighted by Crippen LogP contribution is 2.27. The summed E-state index contributed by atoms with van der Waals surface area (Å²) >= 11 is 1.28. The molecule has 25 heavy (non-hydrogen) atoms. The highest BCUT2D eigenvalue weighted by Gasteiger charge is 2.19. The van der Waals surface area contributed by atoms with E-state index < -0.39 is 5.56 Å². The van der Waals surface area contributed by atoms with Crippen LogP contribution in [0.4, 0.5) is 4.39 Å². The molecular weight excluding hydrogens is 343 g/mol. The van der Waals surface area contributed by atoms with E-state index in [2.05, 4.69) is 14.9 Å². The predicted molar refractivity (Wildman–Crippen MR) is 92.8 cm³/mol. The average Bonchev–Trinajstić information content (AvgIpc) is 2.62. The number of aromatic nitrogens is 2. The van der Waals surface area contributed by atoms with Gasteiger partial charge in [0.05, 0.1) is 18.9 Å². The zero-order valence-electron chi connectivity index (χ0n) is 13.7. The molecule has 0 saturated carbocycles. The van der Waals surface area contributed by atoms with E-state index in [9.17, 15) is 14.4 Å². The molecule has 6 nitrogen and oxygen atoms in total. The average molecular weight is 360 g/mol. The molecule has 0 spiro atoms. The summed E-state index contributed by atoms with van der Waals surface area (Å²) in [6, 6.07) is 6.26. The SMILES string of the molecule is CSc1nc(-c2ccc(F)cc2CN2CCOCC2)c(C#N)c(=O)[nH]1. The van der Waals surface area contributed by atoms with Crippen LogP contribution in [0.2, 0.25) is 0 Å². The van der Waals surface area contributed by atoms with Crippen molar-refractivity contribution in [1.82, 2.24) is 14.9 Å². The minimum absolute atomic E-state index is 0.0624. The molecule has 1 fully saturated rings. The van der Waals surface area contributed by atoms with Gasteiger partial charge in [0.2, 0.25) is 0 Å². The van der Waals surface area contributed by atoms with Crippen LogP contribution in [0.15, 0.2) is 28.2 Å². The van der Waals surface area contributed by atoms with Crippen molar-refractivity contribution in [3.05, 3.63) is 45.5 Å². The van der Waals surface area contributed by atoms with Crippen LogP contribution >= 0.6 is 11.8 Å². The fourth-order valence-electron chi connectivity index (χ4n) is 2.77. The standard InChI is InChI=1S/C17H17FN4O2S/c1-25-17-20-15(14(9-19)16(23)21-17)13-3-2-12(18)8-11(13)10-22-4-6-24-7-5-22/h2-3,8H,4-7,10H2,1H3,(H,20,21,23). The smallest absolute Gasteiger partial charge is 0.270 e. The molecule has 0 radical (unpaired) electrons. The lowest BCUT2D eigenvalue weighted by Gasteiger charge is -2.27. The second kappa shape index (κ2) is 7.78. The molecule has 1 aliphatic heterocycles. The summed E-state index contributed by atoms with van der Waals surface area (Å²) in [6.45, 7) is 3.27. The third kappa shape index (κ3) is 3.90. The Labute approximate surface area is 148 Å². The van der Waals surface area contributed by atoms with E-state index in [1.54, 1.807) is 12.3 Å². The lowest BCUT2D eigenvalue weighted by molar-refractivity contribution is 0.0342. The van der Waals surface area contributed by atoms with Gasteiger partial charge >= 0.3 is 0 Å². The molecular formula is C17H17FN4O2S. The van der Waals surface area contributed by atoms with Crippen LogP contribution in [0.3, 0.4) is 0 Å². The first-order valence-electron chi connectivity index (χ1n) is 7.79. The summed E-state index contributed by atoms with van der Waals surface area (Å²) in [7, 11) is 0. The van der Waals surface area contributed by atoms with Crippen molar-refractivity contribution in [1.29, 1.82) is 5.26 Å². The minimum atomic E-state index is -0.488. The van der Waals surface area contributed by atoms with Crippen LogP contribution in [-0.4, -0.2) is 47.4 Å². The van der Waals surface area contributed by atoms with Crippen molar-refractivity contribution in [2.24, 2.45) is 0 Å². The van der Waals surface area contributed by atoms with E-state index in [-0.39, 0.29) is 11.4 Å². The lowest BCUT2D eigenvalue weighted by atomic mass is 10.0. The number of ether oxygens (including phenoxy) is 1. The first-order valence-corrected chi connectivity index (χ1v) is 9.02. The maximum absolute atomic E-state index is 13.8. The summed E-state index contributed by atoms with van der Waals surface area (Å²) < 4.78 is 19.2. The Bertz CT molecular complexity index is 872. The van der Waals surface area contributed by atoms with Crippen LogP contribution in [0.5, 0.6) is 0 Å². The molecule has 3 rings (SSSR count). The molecule has 0 aliphatic carbocycles. The number of hydrogen-bond donors (Lipinski definition) is 1. The van der Waals surface area contributed by atoms with E-state index >= 15 is 0 Å². The topological polar surface area (TPSA) is 82.0 Å². The molecule has 0 unspecified atom stereocenters. The number of benzene rings is 1. The molecule has 8 heteroatoms. The van der Waals surface area contributed by atoms with Gasteiger partial charge in [-0.25, -0.2) is 9.37 Å². The second-order valence-corrected chi connectivity index (χ2v) is 6.40. The number of thioether (sulfide) groups is 1. The number of aromatic amines is 1. The second-order valence-electron chi connectivity index (χ2n) is 5.60. The van der Waals surface area contributed by atoms with E-state index in [4.69, 9.17) is 4.74 Å². The van der Waals surface area contributed by atoms with Crippen molar-refractivity contribution in [3.8, 4) is 17.3 Å². The lowest BCUT2D eigenvalue weighted by Crippen LogP contribution is -2.35. The zero-order chi connectivity index (χ0) is 17.8. The molecule has 1 aromatic carbocycles. The van der Waals surface area contributed by atoms with Gasteiger partial charge in [-0.15, -0.1) is 0 Å². The Morgan fingerprint density at radius 3 is 2.88 bits per heavy atom. The van der Waals surface area contributed by atoms with Gasteiger partial charge < -0.3 is 9.72 Å². The molecule has 1 aromatic heterocycles. The number of halogens is 1. The summed E-state index contributed by atoms with van der Waals surface area (Å²) in [4.78, 5) is 21.3. The molecule has 2 aromatic rings. The van der Waals surface area contributed by atoms with Gasteiger partial charge in [-0.1, -0.05) is 11.8 Å². The monoisotopic (exact) mass is 360 g/mol. The maximum atomic E-state index is 13.8. The van der Waals surface area contributed by atoms with Crippen molar-refractivity contribution in [2.45, 2.75) is 11.7 Å². The Kier molecular flexibility index (Phi) is 5.48. The molecule has 1 aliphatic rings. The number of nitrogens with one attached hydrogen (secondary N) is 1. The number of hydrogen-bond acceptors (Lipinski definition) is 6. The molecule has 0 bridgehead atoms. The molecule has 0 amide bonds. The Hall–Kier alpha value is -2.21. The minimum Gasteiger partial charge on any atom is -0.379 e. The highest BCUT2D eigenvalue weighted by molar-refractivity contribution is 7.98. The third-order valence-electron chi connectivity index (χ3n) is 4.02. The fraction of sp³-hybridized carbons (Fsp3) is 0.353. The van der Waals surface area contributed by atoms with Crippen molar-refractivity contribution in [3.63, 3.8) is 0 Å². The number of morpholine rings is 1. The Morgan fingerprint density at radius 1 is 1.44 bits per heavy atom. The summed E-state index contributed by atoms with van der Waals surface area (Å²) in [5.41, 5.74) is 1.04. The van der Waals surface area contributed by atoms with Crippen molar-refractivity contribution >= 4 is 11.8 Å². The maximum Gasteiger partial charge on any atom is 0.270 e. The molecule has 1 N–H and O–H groups in total. The first kappa shape index (κ1) is 17.6. The summed E-state index contributed by atoms with van der Waals surface area (Å²) in [5, 5.41) is 9.79. The largest absolute Gasteiger partial charge is 0.379 e. The number of nitriles is 1. The van der Waals surface area contributed by atoms with Crippen LogP contribution < -0.4 is 5.56 Å². The van der Waals surface area contributed by atoms with Crippen molar-refractivity contribution < 1.29 is 9.13 Å². The summed E-state index contributed by atoms with van der Waals surface area (Å²) in [5.74, 6) is -0.361. The van der Waals surface area contributed by atoms with Gasteiger partial charge in [-0.3, -0.25) is 9.69 Å². The van der Waals surface area contributed by atoms with E-state index in [0.29, 0.717) is 41.7 Å². The van der Waals surface area contributed by atoms with Crippen LogP contribution in [-0.2, 0) is 11.3 Å². The van der Waals surface area contributed by atoms with Gasteiger partial charge in [0.25, 0.3) is 5.56 Å². The van der Waals surface area contributed by atoms with Crippen LogP contribution in [0, 0.1) is 17.1 Å². The van der Waals surface area contributed by atoms with E-state index in [0.717, 1.165) is 13.1 Å². The molecule has 1 saturated heterocycles. The molecule has 130 valence electrons. The first-order chi connectivity index (χ1) is 12.1. The number of H-pyrrole nitrogens is 1. The highest BCUT2D eigenvalue weighted by atomic mass is 32.2. The summed E-state index contributed by atoms with van der Waals surface area (Å²) in [6.07, 6.45) is 1.79. The zero-order valence-corrected chi connectivity index (χ0v) is 14.5. The molecule has 0 atom stereocenters. The number of nitrogens with zero attached hydrogens (tertiary/aromatic N) is 3. The Morgan fingerprint density at radius 2 is 2.20 bits per heavy atom. The van der Waals surface area contributed by atoms with E-state index in [1.165, 1.54) is 23.9 Å². The molecule has 2 heterocycles. The van der Waals surface area contributed by atoms with Crippen LogP contribution in [0.25, 0.3) is 11.3 Å². The van der Waals surface area contributed by atoms with Gasteiger partial charge in [-0.05, 0) is 30.0 Å². The van der Waals surface area contributed by atoms with Gasteiger partial charge in [0.15, 0.2) is 5.16 Å². The van der Waals surface area contributed by atoms with Crippen LogP contribution in [0.1, 0.15) is 11.1 Å². The van der Waals surface area contributed by atoms with Crippen molar-refractivity contribution in [2.75, 3.05) is 32.6 Å². The Balaban J connectivity index is 2.09. The van der Waals surface area contributed by atoms with Gasteiger partial charge in [0.1, 0.15) is 17.4 Å². The predicted octanol–water partition coefficient (Wildman–Crippen LogP) is 2.00. The number of rotatable bonds is 4. The van der Waals surface area contributed by atoms with Gasteiger partial charge in [-0.2, -0.15) is 5.26 Å². The third-order valence-corrected chi connectivity index (χ3v) is 4.60.